The minimum Gasteiger partial charge on any atom is -0.320 e. The predicted octanol–water partition coefficient (Wildman–Crippen LogP) is 3.12. The average molecular weight is 459 g/mol. The lowest BCUT2D eigenvalue weighted by Crippen LogP contribution is -2.61. The fourth-order valence-electron chi connectivity index (χ4n) is 3.86. The summed E-state index contributed by atoms with van der Waals surface area (Å²) < 4.78 is 0. The average Bonchev–Trinajstić information content (AvgIpc) is 2.75. The zero-order valence-corrected chi connectivity index (χ0v) is 19.9. The van der Waals surface area contributed by atoms with Gasteiger partial charge < -0.3 is 5.73 Å². The van der Waals surface area contributed by atoms with Crippen molar-refractivity contribution in [2.24, 2.45) is 17.6 Å². The molecule has 1 aromatic carbocycles. The van der Waals surface area contributed by atoms with E-state index < -0.39 is 23.9 Å². The number of nitrogens with one attached hydrogen (secondary N) is 1. The molecule has 8 heteroatoms. The van der Waals surface area contributed by atoms with E-state index in [1.807, 2.05) is 50.3 Å². The van der Waals surface area contributed by atoms with E-state index in [-0.39, 0.29) is 31.2 Å². The summed E-state index contributed by atoms with van der Waals surface area (Å²) in [4.78, 5) is 39.2. The molecule has 1 aromatic rings. The SMILES string of the molecule is CC(C)CN(C(=O)[C@@H](C)N)N(C(=O)CCC1CCC1)[C@@H](CC=Cc1ccccc1)C(=O)NO. The number of rotatable bonds is 11. The second-order valence-electron chi connectivity index (χ2n) is 9.22. The summed E-state index contributed by atoms with van der Waals surface area (Å²) in [6.07, 6.45) is 8.04. The lowest BCUT2D eigenvalue weighted by Gasteiger charge is -2.41. The van der Waals surface area contributed by atoms with Gasteiger partial charge in [-0.25, -0.2) is 15.5 Å². The molecular weight excluding hydrogens is 420 g/mol. The third kappa shape index (κ3) is 7.98. The van der Waals surface area contributed by atoms with Crippen LogP contribution in [0.25, 0.3) is 6.08 Å². The second kappa shape index (κ2) is 13.1. The van der Waals surface area contributed by atoms with E-state index in [1.165, 1.54) is 16.4 Å². The first-order chi connectivity index (χ1) is 15.7. The van der Waals surface area contributed by atoms with Crippen molar-refractivity contribution in [3.05, 3.63) is 42.0 Å². The van der Waals surface area contributed by atoms with Gasteiger partial charge in [0.15, 0.2) is 0 Å². The Kier molecular flexibility index (Phi) is 10.5. The maximum atomic E-state index is 13.4. The predicted molar refractivity (Wildman–Crippen MR) is 127 cm³/mol. The first-order valence-corrected chi connectivity index (χ1v) is 11.8. The van der Waals surface area contributed by atoms with Crippen molar-refractivity contribution >= 4 is 23.8 Å². The molecule has 0 heterocycles. The Labute approximate surface area is 196 Å². The maximum absolute atomic E-state index is 13.4. The van der Waals surface area contributed by atoms with Gasteiger partial charge in [0.25, 0.3) is 11.8 Å². The fourth-order valence-corrected chi connectivity index (χ4v) is 3.86. The van der Waals surface area contributed by atoms with Gasteiger partial charge >= 0.3 is 0 Å². The first kappa shape index (κ1) is 26.5. The van der Waals surface area contributed by atoms with E-state index in [1.54, 1.807) is 18.5 Å². The molecule has 0 unspecified atom stereocenters. The molecule has 0 radical (unpaired) electrons. The number of benzene rings is 1. The third-order valence-corrected chi connectivity index (χ3v) is 5.87. The maximum Gasteiger partial charge on any atom is 0.268 e. The number of nitrogens with zero attached hydrogens (tertiary/aromatic N) is 2. The number of amides is 3. The Balaban J connectivity index is 2.36. The number of hydroxylamine groups is 1. The van der Waals surface area contributed by atoms with Gasteiger partial charge in [-0.05, 0) is 37.2 Å². The number of nitrogens with two attached hydrogens (primary N) is 1. The van der Waals surface area contributed by atoms with E-state index in [4.69, 9.17) is 5.73 Å². The first-order valence-electron chi connectivity index (χ1n) is 11.8. The van der Waals surface area contributed by atoms with Crippen LogP contribution in [0.1, 0.15) is 64.9 Å². The molecule has 1 aliphatic rings. The number of carbonyl (C=O) groups excluding carboxylic acids is 3. The highest BCUT2D eigenvalue weighted by Gasteiger charge is 2.37. The highest BCUT2D eigenvalue weighted by Crippen LogP contribution is 2.31. The van der Waals surface area contributed by atoms with Gasteiger partial charge in [0.2, 0.25) is 5.91 Å². The molecule has 0 aromatic heterocycles. The smallest absolute Gasteiger partial charge is 0.268 e. The van der Waals surface area contributed by atoms with Crippen LogP contribution in [0.15, 0.2) is 36.4 Å². The summed E-state index contributed by atoms with van der Waals surface area (Å²) in [5.41, 5.74) is 8.51. The summed E-state index contributed by atoms with van der Waals surface area (Å²) >= 11 is 0. The van der Waals surface area contributed by atoms with E-state index >= 15 is 0 Å². The normalized spacial score (nSPS) is 15.7. The standard InChI is InChI=1S/C25H38N4O4/c1-18(2)17-28(25(32)19(3)26)29(23(30)16-15-21-11-7-12-21)22(24(31)27-33)14-8-13-20-9-5-4-6-10-20/h4-6,8-10,13,18-19,21-22,33H,7,11-12,14-17,26H2,1-3H3,(H,27,31)/t19-,22+/m1/s1. The quantitative estimate of drug-likeness (QED) is 0.348. The molecule has 4 N–H and O–H groups in total. The number of carbonyl (C=O) groups is 3. The zero-order valence-electron chi connectivity index (χ0n) is 19.9. The summed E-state index contributed by atoms with van der Waals surface area (Å²) in [7, 11) is 0. The Hall–Kier alpha value is -2.71. The molecule has 2 atom stereocenters. The lowest BCUT2D eigenvalue weighted by atomic mass is 9.82. The van der Waals surface area contributed by atoms with Gasteiger partial charge in [0.1, 0.15) is 6.04 Å². The van der Waals surface area contributed by atoms with E-state index in [0.29, 0.717) is 12.3 Å². The van der Waals surface area contributed by atoms with Crippen LogP contribution in [0.4, 0.5) is 0 Å². The van der Waals surface area contributed by atoms with Crippen LogP contribution >= 0.6 is 0 Å². The van der Waals surface area contributed by atoms with Gasteiger partial charge in [-0.15, -0.1) is 0 Å². The summed E-state index contributed by atoms with van der Waals surface area (Å²) in [6.45, 7) is 5.64. The molecule has 0 spiro atoms. The van der Waals surface area contributed by atoms with Crippen molar-refractivity contribution in [1.82, 2.24) is 15.5 Å². The van der Waals surface area contributed by atoms with Gasteiger partial charge in [-0.1, -0.05) is 75.6 Å². The van der Waals surface area contributed by atoms with E-state index in [0.717, 1.165) is 18.4 Å². The number of hydrogen-bond donors (Lipinski definition) is 3. The summed E-state index contributed by atoms with van der Waals surface area (Å²) in [6, 6.07) is 7.62. The molecule has 2 rings (SSSR count). The molecule has 8 nitrogen and oxygen atoms in total. The van der Waals surface area contributed by atoms with Crippen LogP contribution < -0.4 is 11.2 Å². The van der Waals surface area contributed by atoms with Crippen LogP contribution in [0.2, 0.25) is 0 Å². The molecule has 0 bridgehead atoms. The van der Waals surface area contributed by atoms with Crippen LogP contribution in [-0.2, 0) is 14.4 Å². The third-order valence-electron chi connectivity index (χ3n) is 5.87. The molecule has 182 valence electrons. The van der Waals surface area contributed by atoms with Crippen molar-refractivity contribution in [3.63, 3.8) is 0 Å². The van der Waals surface area contributed by atoms with E-state index in [2.05, 4.69) is 0 Å². The zero-order chi connectivity index (χ0) is 24.4. The second-order valence-corrected chi connectivity index (χ2v) is 9.22. The highest BCUT2D eigenvalue weighted by molar-refractivity contribution is 5.90. The summed E-state index contributed by atoms with van der Waals surface area (Å²) in [5.74, 6) is -0.980. The number of hydrogen-bond acceptors (Lipinski definition) is 5. The number of hydrazine groups is 1. The van der Waals surface area contributed by atoms with Crippen molar-refractivity contribution in [2.45, 2.75) is 71.4 Å². The molecule has 0 saturated heterocycles. The summed E-state index contributed by atoms with van der Waals surface area (Å²) in [5, 5.41) is 12.0. The van der Waals surface area contributed by atoms with E-state index in [9.17, 15) is 19.6 Å². The van der Waals surface area contributed by atoms with Crippen molar-refractivity contribution in [2.75, 3.05) is 6.54 Å². The Bertz CT molecular complexity index is 806. The van der Waals surface area contributed by atoms with Crippen molar-refractivity contribution < 1.29 is 19.6 Å². The van der Waals surface area contributed by atoms with Gasteiger partial charge in [-0.2, -0.15) is 0 Å². The van der Waals surface area contributed by atoms with Gasteiger partial charge in [0, 0.05) is 13.0 Å². The Morgan fingerprint density at radius 2 is 1.85 bits per heavy atom. The fraction of sp³-hybridized carbons (Fsp3) is 0.560. The van der Waals surface area contributed by atoms with Crippen LogP contribution in [0.3, 0.4) is 0 Å². The molecule has 3 amide bonds. The Morgan fingerprint density at radius 3 is 2.36 bits per heavy atom. The lowest BCUT2D eigenvalue weighted by molar-refractivity contribution is -0.176. The molecule has 1 saturated carbocycles. The van der Waals surface area contributed by atoms with Crippen LogP contribution in [0, 0.1) is 11.8 Å². The molecule has 33 heavy (non-hydrogen) atoms. The van der Waals surface area contributed by atoms with Gasteiger partial charge in [-0.3, -0.25) is 19.6 Å². The molecule has 0 aliphatic heterocycles. The highest BCUT2D eigenvalue weighted by atomic mass is 16.5. The van der Waals surface area contributed by atoms with Crippen molar-refractivity contribution in [1.29, 1.82) is 0 Å². The Morgan fingerprint density at radius 1 is 1.18 bits per heavy atom. The minimum atomic E-state index is -1.09. The largest absolute Gasteiger partial charge is 0.320 e. The molecular formula is C25H38N4O4. The van der Waals surface area contributed by atoms with Crippen molar-refractivity contribution in [3.8, 4) is 0 Å². The minimum absolute atomic E-state index is 0.0346. The molecule has 1 fully saturated rings. The van der Waals surface area contributed by atoms with Crippen LogP contribution in [-0.4, -0.2) is 51.6 Å². The van der Waals surface area contributed by atoms with Crippen LogP contribution in [0.5, 0.6) is 0 Å². The molecule has 1 aliphatic carbocycles. The van der Waals surface area contributed by atoms with Gasteiger partial charge in [0.05, 0.1) is 6.04 Å². The topological polar surface area (TPSA) is 116 Å². The monoisotopic (exact) mass is 458 g/mol.